The predicted molar refractivity (Wildman–Crippen MR) is 312 cm³/mol. The first-order chi connectivity index (χ1) is 35.8. The molecule has 360 valence electrons. The minimum absolute atomic E-state index is 0.0336. The SMILES string of the molecule is CC1(C)CC(C)(c2ccc(N(c3ccc(-c4ccccc4)cc3)c3ccc4c(c3)C(C)(C)c3ccccc3-4)cc2)c2cc(N(c3ccc(-c4ccccc4)cc3)c3ccc4c(c3)C(C)(C)c3ccccc3-4)ccc21. The zero-order chi connectivity index (χ0) is 50.6. The summed E-state index contributed by atoms with van der Waals surface area (Å²) in [4.78, 5) is 4.93. The van der Waals surface area contributed by atoms with Crippen LogP contribution in [-0.4, -0.2) is 0 Å². The minimum atomic E-state index is -0.247. The van der Waals surface area contributed by atoms with Gasteiger partial charge >= 0.3 is 0 Å². The molecule has 0 saturated carbocycles. The van der Waals surface area contributed by atoms with Gasteiger partial charge in [-0.2, -0.15) is 0 Å². The Morgan fingerprint density at radius 1 is 0.270 bits per heavy atom. The number of hydrogen-bond acceptors (Lipinski definition) is 2. The van der Waals surface area contributed by atoms with E-state index in [-0.39, 0.29) is 21.7 Å². The van der Waals surface area contributed by atoms with E-state index in [0.29, 0.717) is 0 Å². The summed E-state index contributed by atoms with van der Waals surface area (Å²) in [6.45, 7) is 16.8. The fourth-order valence-corrected chi connectivity index (χ4v) is 13.5. The van der Waals surface area contributed by atoms with Crippen molar-refractivity contribution in [2.45, 2.75) is 76.5 Å². The second-order valence-corrected chi connectivity index (χ2v) is 23.0. The zero-order valence-corrected chi connectivity index (χ0v) is 43.6. The molecule has 74 heavy (non-hydrogen) atoms. The molecule has 0 amide bonds. The molecule has 2 heteroatoms. The van der Waals surface area contributed by atoms with Crippen molar-refractivity contribution in [3.63, 3.8) is 0 Å². The van der Waals surface area contributed by atoms with Crippen molar-refractivity contribution in [1.82, 2.24) is 0 Å². The van der Waals surface area contributed by atoms with Crippen LogP contribution in [0, 0.1) is 0 Å². The molecule has 0 saturated heterocycles. The largest absolute Gasteiger partial charge is 0.310 e. The molecule has 0 heterocycles. The molecule has 0 bridgehead atoms. The van der Waals surface area contributed by atoms with E-state index in [1.54, 1.807) is 0 Å². The lowest BCUT2D eigenvalue weighted by Crippen LogP contribution is -2.23. The number of nitrogens with zero attached hydrogens (tertiary/aromatic N) is 2. The summed E-state index contributed by atoms with van der Waals surface area (Å²) in [7, 11) is 0. The van der Waals surface area contributed by atoms with E-state index in [9.17, 15) is 0 Å². The highest BCUT2D eigenvalue weighted by molar-refractivity contribution is 5.88. The van der Waals surface area contributed by atoms with Crippen molar-refractivity contribution in [2.75, 3.05) is 9.80 Å². The Hall–Kier alpha value is -8.20. The zero-order valence-electron chi connectivity index (χ0n) is 43.6. The van der Waals surface area contributed by atoms with E-state index in [4.69, 9.17) is 0 Å². The van der Waals surface area contributed by atoms with Gasteiger partial charge in [-0.3, -0.25) is 0 Å². The van der Waals surface area contributed by atoms with Crippen LogP contribution in [0.15, 0.2) is 237 Å². The molecular formula is C72H62N2. The van der Waals surface area contributed by atoms with Crippen LogP contribution in [0.25, 0.3) is 44.5 Å². The molecule has 10 aromatic rings. The maximum absolute atomic E-state index is 2.52. The summed E-state index contributed by atoms with van der Waals surface area (Å²) in [5, 5.41) is 0. The topological polar surface area (TPSA) is 6.48 Å². The first-order valence-electron chi connectivity index (χ1n) is 26.5. The molecule has 10 aromatic carbocycles. The summed E-state index contributed by atoms with van der Waals surface area (Å²) < 4.78 is 0. The number of fused-ring (bicyclic) bond motifs is 7. The Kier molecular flexibility index (Phi) is 10.4. The second-order valence-electron chi connectivity index (χ2n) is 23.0. The maximum atomic E-state index is 2.52. The Morgan fingerprint density at radius 2 is 0.608 bits per heavy atom. The highest BCUT2D eigenvalue weighted by Gasteiger charge is 2.46. The Morgan fingerprint density at radius 3 is 1.07 bits per heavy atom. The lowest BCUT2D eigenvalue weighted by Gasteiger charge is -2.32. The normalized spacial score (nSPS) is 16.9. The van der Waals surface area contributed by atoms with E-state index in [2.05, 4.69) is 295 Å². The molecule has 3 aliphatic rings. The molecule has 0 aromatic heterocycles. The van der Waals surface area contributed by atoms with Crippen molar-refractivity contribution < 1.29 is 0 Å². The molecule has 3 aliphatic carbocycles. The van der Waals surface area contributed by atoms with Crippen molar-refractivity contribution in [3.05, 3.63) is 276 Å². The van der Waals surface area contributed by atoms with Crippen molar-refractivity contribution in [1.29, 1.82) is 0 Å². The average molecular weight is 955 g/mol. The first-order valence-corrected chi connectivity index (χ1v) is 26.5. The van der Waals surface area contributed by atoms with Crippen molar-refractivity contribution in [3.8, 4) is 44.5 Å². The standard InChI is InChI=1S/C72H62N2/c1-69(2)47-72(7,52-30-36-55(37-31-52)73(53-32-26-50(27-33-53)48-18-10-8-11-19-48)56-38-41-61-59-22-14-16-24-63(59)70(3,4)66(61)44-56)68-46-58(40-43-65(68)69)74(54-34-28-51(29-35-54)49-20-12-9-13-21-49)57-39-42-62-60-23-15-17-25-64(60)71(5,6)67(62)45-57/h8-46H,47H2,1-7H3. The monoisotopic (exact) mass is 954 g/mol. The van der Waals surface area contributed by atoms with Gasteiger partial charge < -0.3 is 9.80 Å². The third-order valence-electron chi connectivity index (χ3n) is 17.3. The highest BCUT2D eigenvalue weighted by atomic mass is 15.1. The first kappa shape index (κ1) is 45.6. The van der Waals surface area contributed by atoms with E-state index < -0.39 is 0 Å². The molecule has 0 radical (unpaired) electrons. The van der Waals surface area contributed by atoms with Crippen molar-refractivity contribution in [2.24, 2.45) is 0 Å². The van der Waals surface area contributed by atoms with Gasteiger partial charge in [-0.25, -0.2) is 0 Å². The lowest BCUT2D eigenvalue weighted by molar-refractivity contribution is 0.425. The van der Waals surface area contributed by atoms with Gasteiger partial charge in [0.15, 0.2) is 0 Å². The summed E-state index contributed by atoms with van der Waals surface area (Å²) in [5.74, 6) is 0. The van der Waals surface area contributed by atoms with Gasteiger partial charge in [0.25, 0.3) is 0 Å². The summed E-state index contributed by atoms with van der Waals surface area (Å²) in [6.07, 6.45) is 1.00. The van der Waals surface area contributed by atoms with E-state index in [0.717, 1.165) is 40.5 Å². The van der Waals surface area contributed by atoms with Crippen LogP contribution >= 0.6 is 0 Å². The van der Waals surface area contributed by atoms with Gasteiger partial charge in [0, 0.05) is 50.4 Å². The van der Waals surface area contributed by atoms with Crippen LogP contribution in [0.2, 0.25) is 0 Å². The highest BCUT2D eigenvalue weighted by Crippen LogP contribution is 2.56. The molecule has 0 N–H and O–H groups in total. The summed E-state index contributed by atoms with van der Waals surface area (Å²) in [5.41, 5.74) is 26.2. The average Bonchev–Trinajstić information content (AvgIpc) is 3.90. The molecule has 1 unspecified atom stereocenters. The van der Waals surface area contributed by atoms with Gasteiger partial charge in [0.05, 0.1) is 0 Å². The van der Waals surface area contributed by atoms with Crippen molar-refractivity contribution >= 4 is 34.1 Å². The summed E-state index contributed by atoms with van der Waals surface area (Å²) >= 11 is 0. The van der Waals surface area contributed by atoms with Crippen LogP contribution in [0.3, 0.4) is 0 Å². The minimum Gasteiger partial charge on any atom is -0.310 e. The van der Waals surface area contributed by atoms with Gasteiger partial charge in [0.1, 0.15) is 0 Å². The van der Waals surface area contributed by atoms with Crippen LogP contribution in [-0.2, 0) is 21.7 Å². The van der Waals surface area contributed by atoms with E-state index in [1.165, 1.54) is 83.5 Å². The molecule has 0 spiro atoms. The molecule has 0 fully saturated rings. The maximum Gasteiger partial charge on any atom is 0.0465 e. The van der Waals surface area contributed by atoms with Crippen LogP contribution in [0.5, 0.6) is 0 Å². The van der Waals surface area contributed by atoms with Gasteiger partial charge in [-0.15, -0.1) is 0 Å². The smallest absolute Gasteiger partial charge is 0.0465 e. The number of anilines is 6. The number of rotatable bonds is 9. The lowest BCUT2D eigenvalue weighted by atomic mass is 9.75. The van der Waals surface area contributed by atoms with Crippen LogP contribution in [0.1, 0.15) is 93.8 Å². The van der Waals surface area contributed by atoms with Gasteiger partial charge in [-0.05, 0) is 168 Å². The molecule has 13 rings (SSSR count). The van der Waals surface area contributed by atoms with E-state index >= 15 is 0 Å². The Balaban J connectivity index is 0.909. The Labute approximate surface area is 438 Å². The third kappa shape index (κ3) is 7.21. The van der Waals surface area contributed by atoms with Gasteiger partial charge in [0.2, 0.25) is 0 Å². The van der Waals surface area contributed by atoms with Gasteiger partial charge in [-0.1, -0.05) is 212 Å². The van der Waals surface area contributed by atoms with E-state index in [1.807, 2.05) is 0 Å². The molecule has 0 aliphatic heterocycles. The number of benzene rings is 10. The van der Waals surface area contributed by atoms with Crippen LogP contribution < -0.4 is 9.80 Å². The van der Waals surface area contributed by atoms with Crippen LogP contribution in [0.4, 0.5) is 34.1 Å². The third-order valence-corrected chi connectivity index (χ3v) is 17.3. The second kappa shape index (κ2) is 16.9. The molecular weight excluding hydrogens is 893 g/mol. The quantitative estimate of drug-likeness (QED) is 0.142. The Bertz CT molecular complexity index is 3770. The fourth-order valence-electron chi connectivity index (χ4n) is 13.5. The fraction of sp³-hybridized carbons (Fsp3) is 0.167. The summed E-state index contributed by atoms with van der Waals surface area (Å²) in [6, 6.07) is 88.6. The predicted octanol–water partition coefficient (Wildman–Crippen LogP) is 19.6. The molecule has 1 atom stereocenters. The molecule has 2 nitrogen and oxygen atoms in total. The number of hydrogen-bond donors (Lipinski definition) is 0.